The zero-order chi connectivity index (χ0) is 89.2. The van der Waals surface area contributed by atoms with Gasteiger partial charge in [-0.1, -0.05) is 224 Å². The highest BCUT2D eigenvalue weighted by Crippen LogP contribution is 2.44. The molecule has 4 aliphatic carbocycles. The molecule has 1 fully saturated rings. The molecule has 6 aliphatic rings. The second-order valence-corrected chi connectivity index (χ2v) is 35.6. The molecule has 0 saturated carbocycles. The molecule has 648 valence electrons. The Morgan fingerprint density at radius 3 is 0.985 bits per heavy atom. The van der Waals surface area contributed by atoms with Crippen LogP contribution in [0.2, 0.25) is 0 Å². The van der Waals surface area contributed by atoms with Crippen molar-refractivity contribution < 1.29 is 18.9 Å². The summed E-state index contributed by atoms with van der Waals surface area (Å²) in [5.41, 5.74) is 38.7. The molecule has 2 aliphatic heterocycles. The van der Waals surface area contributed by atoms with Gasteiger partial charge in [0.05, 0.1) is 39.0 Å². The smallest absolute Gasteiger partial charge is 0.256 e. The van der Waals surface area contributed by atoms with Gasteiger partial charge in [0.1, 0.15) is 0 Å². The number of carbonyl (C=O) groups excluding carboxylic acids is 2. The van der Waals surface area contributed by atoms with Crippen LogP contribution in [0.4, 0.5) is 22.7 Å². The monoisotopic (exact) mass is 1720 g/mol. The van der Waals surface area contributed by atoms with Crippen LogP contribution >= 0.6 is 0 Å². The number of hydrogen-bond donors (Lipinski definition) is 5. The Balaban J connectivity index is 0.000000109. The molecule has 17 aromatic rings. The topological polar surface area (TPSA) is 197 Å². The molecular weight excluding hydrogens is 1610 g/mol. The number of fused-ring (bicyclic) bond motifs is 8. The van der Waals surface area contributed by atoms with Gasteiger partial charge in [-0.25, -0.2) is 5.48 Å². The first-order valence-electron chi connectivity index (χ1n) is 45.9. The Bertz CT molecular complexity index is 7170. The standard InChI is InChI=1S/C31H31N3O.C29H25N3O.C28H24N4O.C27H24N2O/c1-21-29(31(35)34-16-8-3-9-17-34)30(22-10-4-2-5-11-22)27-20-25(14-15-28(27)32-21)33-26-18-23-12-6-7-13-24(23)19-26;1-18-14-27(33-32-18)28-19(2)30-26-13-12-23(17-25(26)29(28)20-8-4-3-5-9-20)31-24-15-21-10-6-7-11-22(21)16-24;1-17-26(28-30-18(2)33-32-28)27(19-8-4-3-5-9-19)24-16-22(12-13-25(24)29-17)31-23-14-20-10-6-7-11-21(20)15-23;1-17-26(18(2)30)27(19-8-4-3-5-9-19)24-16-22(12-13-25(24)28-17)29-23-14-20-10-6-7-11-21(20)15-23/h2,4-7,10-15,20,26,33H,3,8-9,16-19H2,1H3;3-14,17,24,31H,15-16H2,1-2H3;3-13,16,23,31H,2,14-15H2,1H3,(H,30,32);3-13,16,23,29H,14-15H2,1-2H3. The third kappa shape index (κ3) is 17.8. The molecule has 23 rings (SSSR count). The van der Waals surface area contributed by atoms with Crippen LogP contribution in [-0.4, -0.2) is 84.8 Å². The number of aromatic nitrogens is 5. The maximum absolute atomic E-state index is 13.8. The van der Waals surface area contributed by atoms with Gasteiger partial charge in [0.2, 0.25) is 5.88 Å². The summed E-state index contributed by atoms with van der Waals surface area (Å²) in [5.74, 6) is 1.89. The first kappa shape index (κ1) is 84.0. The molecule has 0 radical (unpaired) electrons. The maximum atomic E-state index is 13.8. The Kier molecular flexibility index (Phi) is 23.7. The van der Waals surface area contributed by atoms with E-state index in [2.05, 4.69) is 286 Å². The lowest BCUT2D eigenvalue weighted by molar-refractivity contribution is 0.0723. The molecule has 5 aromatic heterocycles. The van der Waals surface area contributed by atoms with E-state index in [1.54, 1.807) is 6.92 Å². The summed E-state index contributed by atoms with van der Waals surface area (Å²) in [6.45, 7) is 17.0. The van der Waals surface area contributed by atoms with Gasteiger partial charge in [0.15, 0.2) is 17.4 Å². The summed E-state index contributed by atoms with van der Waals surface area (Å²) >= 11 is 0. The number of hydroxylamine groups is 1. The molecule has 0 bridgehead atoms. The summed E-state index contributed by atoms with van der Waals surface area (Å²) in [7, 11) is 0. The van der Waals surface area contributed by atoms with Crippen LogP contribution < -0.4 is 26.7 Å². The van der Waals surface area contributed by atoms with Crippen LogP contribution in [0.5, 0.6) is 0 Å². The van der Waals surface area contributed by atoms with E-state index in [4.69, 9.17) is 29.3 Å². The van der Waals surface area contributed by atoms with Crippen molar-refractivity contribution in [3.05, 3.63) is 399 Å². The van der Waals surface area contributed by atoms with Crippen LogP contribution in [0, 0.1) is 34.6 Å². The second kappa shape index (κ2) is 36.9. The van der Waals surface area contributed by atoms with E-state index in [1.165, 1.54) is 50.9 Å². The molecular formula is C115H104N12O4. The van der Waals surface area contributed by atoms with Crippen LogP contribution in [0.25, 0.3) is 99.4 Å². The molecule has 12 aromatic carbocycles. The van der Waals surface area contributed by atoms with Crippen molar-refractivity contribution in [2.45, 2.75) is 136 Å². The van der Waals surface area contributed by atoms with Gasteiger partial charge >= 0.3 is 0 Å². The number of piperidine rings is 1. The highest BCUT2D eigenvalue weighted by Gasteiger charge is 2.32. The van der Waals surface area contributed by atoms with Gasteiger partial charge in [-0.15, -0.1) is 0 Å². The number of pyridine rings is 4. The molecule has 16 heteroatoms. The lowest BCUT2D eigenvalue weighted by Gasteiger charge is -2.28. The van der Waals surface area contributed by atoms with Crippen molar-refractivity contribution in [2.75, 3.05) is 34.4 Å². The normalized spacial score (nSPS) is 14.5. The van der Waals surface area contributed by atoms with E-state index in [-0.39, 0.29) is 11.7 Å². The van der Waals surface area contributed by atoms with Crippen LogP contribution in [-0.2, 0) is 56.2 Å². The van der Waals surface area contributed by atoms with Gasteiger partial charge in [-0.05, 0) is 258 Å². The molecule has 0 atom stereocenters. The number of ketones is 1. The Hall–Kier alpha value is -15.2. The van der Waals surface area contributed by atoms with Crippen molar-refractivity contribution in [3.63, 3.8) is 0 Å². The van der Waals surface area contributed by atoms with E-state index in [0.717, 1.165) is 239 Å². The Labute approximate surface area is 764 Å². The van der Waals surface area contributed by atoms with Crippen molar-refractivity contribution in [3.8, 4) is 55.8 Å². The first-order chi connectivity index (χ1) is 64.1. The molecule has 0 unspecified atom stereocenters. The van der Waals surface area contributed by atoms with E-state index >= 15 is 0 Å². The molecule has 5 N–H and O–H groups in total. The number of nitrogens with zero attached hydrogens (tertiary/aromatic N) is 7. The molecule has 0 spiro atoms. The third-order valence-corrected chi connectivity index (χ3v) is 26.4. The molecule has 16 nitrogen and oxygen atoms in total. The van der Waals surface area contributed by atoms with Crippen LogP contribution in [0.3, 0.4) is 0 Å². The van der Waals surface area contributed by atoms with E-state index in [9.17, 15) is 9.59 Å². The summed E-state index contributed by atoms with van der Waals surface area (Å²) in [4.78, 5) is 57.7. The highest BCUT2D eigenvalue weighted by atomic mass is 16.7. The largest absolute Gasteiger partial charge is 0.382 e. The molecule has 7 heterocycles. The number of carbonyl (C=O) groups is 2. The number of amidine groups is 1. The summed E-state index contributed by atoms with van der Waals surface area (Å²) in [6.07, 6.45) is 11.7. The molecule has 1 amide bonds. The zero-order valence-electron chi connectivity index (χ0n) is 74.8. The van der Waals surface area contributed by atoms with Gasteiger partial charge in [0.25, 0.3) is 5.91 Å². The molecule has 131 heavy (non-hydrogen) atoms. The van der Waals surface area contributed by atoms with Gasteiger partial charge in [0, 0.05) is 144 Å². The SMILES string of the molecule is C=C1N=C(c2c(C)nc3ccc(NC4Cc5ccccc5C4)cc3c2-c2ccccc2)NO1.CC(=O)c1c(C)nc2ccc(NC3Cc4ccccc4C3)cc2c1-c1ccccc1.Cc1cc(-c2c(C)nc3ccc(NC4Cc5ccccc5C4)cc3c2-c2ccccc2)on1.Cc1nc2ccc(NC3Cc4ccccc4C3)cc2c(-c2ccccc2)c1C(=O)N1CCCCC1. The van der Waals surface area contributed by atoms with Gasteiger partial charge in [-0.2, -0.15) is 4.99 Å². The second-order valence-electron chi connectivity index (χ2n) is 35.6. The quantitative estimate of drug-likeness (QED) is 0.0573. The first-order valence-corrected chi connectivity index (χ1v) is 45.9. The van der Waals surface area contributed by atoms with E-state index in [1.807, 2.05) is 94.1 Å². The van der Waals surface area contributed by atoms with Gasteiger partial charge < -0.3 is 35.5 Å². The minimum Gasteiger partial charge on any atom is -0.382 e. The fourth-order valence-electron chi connectivity index (χ4n) is 20.5. The zero-order valence-corrected chi connectivity index (χ0v) is 74.8. The summed E-state index contributed by atoms with van der Waals surface area (Å²) in [5, 5.41) is 23.4. The number of Topliss-reactive ketones (excluding diaryl/α,β-unsaturated/α-hetero) is 1. The fraction of sp³-hybridized carbons (Fsp3) is 0.200. The maximum Gasteiger partial charge on any atom is 0.256 e. The Morgan fingerprint density at radius 1 is 0.351 bits per heavy atom. The van der Waals surface area contributed by atoms with E-state index < -0.39 is 0 Å². The number of rotatable bonds is 16. The summed E-state index contributed by atoms with van der Waals surface area (Å²) in [6, 6.07) is 105. The van der Waals surface area contributed by atoms with E-state index in [0.29, 0.717) is 41.4 Å². The van der Waals surface area contributed by atoms with Crippen LogP contribution in [0.1, 0.15) is 125 Å². The lowest BCUT2D eigenvalue weighted by atomic mass is 9.92. The lowest BCUT2D eigenvalue weighted by Crippen LogP contribution is -2.36. The average molecular weight is 1720 g/mol. The van der Waals surface area contributed by atoms with Crippen molar-refractivity contribution >= 4 is 83.9 Å². The van der Waals surface area contributed by atoms with Crippen molar-refractivity contribution in [1.29, 1.82) is 0 Å². The van der Waals surface area contributed by atoms with Crippen molar-refractivity contribution in [1.82, 2.24) is 35.5 Å². The Morgan fingerprint density at radius 2 is 0.656 bits per heavy atom. The average Bonchev–Trinajstić information content (AvgIpc) is 1.31. The molecule has 1 saturated heterocycles. The number of aliphatic imine (C=N–C) groups is 1. The number of anilines is 4. The predicted molar refractivity (Wildman–Crippen MR) is 533 cm³/mol. The third-order valence-electron chi connectivity index (χ3n) is 26.4. The number of nitrogens with one attached hydrogen (secondary N) is 5. The number of likely N-dealkylation sites (tertiary alicyclic amines) is 1. The highest BCUT2D eigenvalue weighted by molar-refractivity contribution is 6.14. The van der Waals surface area contributed by atoms with Crippen LogP contribution in [0.15, 0.2) is 319 Å². The number of amides is 1. The van der Waals surface area contributed by atoms with Crippen molar-refractivity contribution in [2.24, 2.45) is 4.99 Å². The minimum atomic E-state index is 0.0466. The number of benzene rings is 12. The van der Waals surface area contributed by atoms with Gasteiger partial charge in [-0.3, -0.25) is 29.5 Å². The predicted octanol–water partition coefficient (Wildman–Crippen LogP) is 24.7. The number of hydrogen-bond acceptors (Lipinski definition) is 15. The minimum absolute atomic E-state index is 0.0466. The summed E-state index contributed by atoms with van der Waals surface area (Å²) < 4.78 is 5.71. The fourth-order valence-corrected chi connectivity index (χ4v) is 20.5. The number of aryl methyl sites for hydroxylation is 5.